The van der Waals surface area contributed by atoms with E-state index < -0.39 is 7.81 Å². The van der Waals surface area contributed by atoms with E-state index in [4.69, 9.17) is 15.8 Å². The molecule has 0 N–H and O–H groups in total. The Morgan fingerprint density at radius 3 is 1.00 bits per heavy atom. The van der Waals surface area contributed by atoms with Gasteiger partial charge in [-0.25, -0.2) is 5.57 Å². The summed E-state index contributed by atoms with van der Waals surface area (Å²) >= 11 is 0. The normalized spacial score (nSPS) is 15.6. The van der Waals surface area contributed by atoms with Crippen LogP contribution in [0.3, 0.4) is 0 Å². The fraction of sp³-hybridized carbons (Fsp3) is 0.562. The van der Waals surface area contributed by atoms with Gasteiger partial charge in [0.15, 0.2) is 0 Å². The van der Waals surface area contributed by atoms with Crippen molar-refractivity contribution in [3.05, 3.63) is 22.8 Å². The predicted molar refractivity (Wildman–Crippen MR) is 92.0 cm³/mol. The second kappa shape index (κ2) is 12.9. The van der Waals surface area contributed by atoms with Crippen molar-refractivity contribution in [2.75, 3.05) is 0 Å². The van der Waals surface area contributed by atoms with Gasteiger partial charge in [0, 0.05) is 20.8 Å². The van der Waals surface area contributed by atoms with Gasteiger partial charge in [0.05, 0.1) is 18.2 Å². The fourth-order valence-corrected chi connectivity index (χ4v) is 1.41. The summed E-state index contributed by atoms with van der Waals surface area (Å²) in [6.45, 7) is 15.2. The van der Waals surface area contributed by atoms with E-state index in [1.165, 1.54) is 37.5 Å². The Hall–Kier alpha value is -1.42. The summed E-state index contributed by atoms with van der Waals surface area (Å²) < 4.78 is 59.2. The number of allylic oxidation sites excluding steroid dienone is 4. The molecule has 1 aliphatic carbocycles. The van der Waals surface area contributed by atoms with Gasteiger partial charge in [-0.2, -0.15) is 26.9 Å². The van der Waals surface area contributed by atoms with Crippen molar-refractivity contribution in [1.29, 1.82) is 15.8 Å². The first-order valence-electron chi connectivity index (χ1n) is 6.94. The van der Waals surface area contributed by atoms with Crippen LogP contribution in [0.5, 0.6) is 0 Å². The molecule has 3 nitrogen and oxygen atoms in total. The van der Waals surface area contributed by atoms with Gasteiger partial charge in [0.25, 0.3) is 0 Å². The molecule has 0 amide bonds. The van der Waals surface area contributed by atoms with Gasteiger partial charge in [-0.1, -0.05) is 33.1 Å². The predicted octanol–water partition coefficient (Wildman–Crippen LogP) is 8.08. The van der Waals surface area contributed by atoms with Gasteiger partial charge in [-0.3, -0.25) is 6.08 Å². The SMILES string of the molecule is CC#N.CC#N.CC#N.CC1=[C-]C(C)(C)C(C)=C1C.F[P-](F)(F)(F)(F)F.[Ru+2]. The Morgan fingerprint density at radius 1 is 0.778 bits per heavy atom. The summed E-state index contributed by atoms with van der Waals surface area (Å²) in [7, 11) is -10.7. The molecule has 158 valence electrons. The zero-order valence-corrected chi connectivity index (χ0v) is 19.0. The van der Waals surface area contributed by atoms with Crippen LogP contribution in [0.15, 0.2) is 16.7 Å². The first-order chi connectivity index (χ1) is 11.1. The third-order valence-electron chi connectivity index (χ3n) is 2.56. The summed E-state index contributed by atoms with van der Waals surface area (Å²) in [5.41, 5.74) is 4.39. The zero-order valence-electron chi connectivity index (χ0n) is 16.4. The van der Waals surface area contributed by atoms with E-state index in [1.54, 1.807) is 18.2 Å². The smallest absolute Gasteiger partial charge is 2.00 e. The Labute approximate surface area is 170 Å². The molecule has 0 radical (unpaired) electrons. The largest absolute Gasteiger partial charge is 2.00 e. The van der Waals surface area contributed by atoms with Crippen LogP contribution >= 0.6 is 7.81 Å². The van der Waals surface area contributed by atoms with E-state index in [9.17, 15) is 25.2 Å². The molecule has 0 spiro atoms. The van der Waals surface area contributed by atoms with Gasteiger partial charge in [-0.05, 0) is 0 Å². The summed E-state index contributed by atoms with van der Waals surface area (Å²) in [5, 5.41) is 22.0. The van der Waals surface area contributed by atoms with Crippen molar-refractivity contribution < 1.29 is 44.7 Å². The number of halogens is 6. The van der Waals surface area contributed by atoms with Crippen LogP contribution in [0, 0.1) is 45.5 Å². The average Bonchev–Trinajstić information content (AvgIpc) is 2.51. The standard InChI is InChI=1S/C10H15.3C2H3N.F6P.Ru/c1-7-6-10(4,5)9(3)8(7)2;3*1-2-3;1-7(2,3,4,5)6;/h1-5H3;3*1H3;;/q-1;;;;-1;+2. The third-order valence-corrected chi connectivity index (χ3v) is 2.56. The van der Waals surface area contributed by atoms with E-state index in [2.05, 4.69) is 40.7 Å². The molecular formula is C16H24F6N3PRu. The van der Waals surface area contributed by atoms with E-state index in [1.807, 2.05) is 0 Å². The second-order valence-electron chi connectivity index (χ2n) is 5.25. The molecule has 0 aromatic heterocycles. The van der Waals surface area contributed by atoms with Gasteiger partial charge in [-0.15, -0.1) is 6.92 Å². The zero-order chi connectivity index (χ0) is 22.5. The summed E-state index contributed by atoms with van der Waals surface area (Å²) in [6.07, 6.45) is 3.44. The molecule has 27 heavy (non-hydrogen) atoms. The van der Waals surface area contributed by atoms with Crippen molar-refractivity contribution in [1.82, 2.24) is 0 Å². The summed E-state index contributed by atoms with van der Waals surface area (Å²) in [6, 6.07) is 5.25. The molecule has 0 aromatic carbocycles. The number of hydrogen-bond acceptors (Lipinski definition) is 3. The molecule has 11 heteroatoms. The molecule has 0 heterocycles. The van der Waals surface area contributed by atoms with Crippen LogP contribution in [0.4, 0.5) is 25.2 Å². The fourth-order valence-electron chi connectivity index (χ4n) is 1.41. The Kier molecular flexibility index (Phi) is 17.4. The topological polar surface area (TPSA) is 71.4 Å². The molecule has 1 aliphatic rings. The maximum absolute atomic E-state index is 10.7. The quantitative estimate of drug-likeness (QED) is 0.145. The monoisotopic (exact) mass is 505 g/mol. The summed E-state index contributed by atoms with van der Waals surface area (Å²) in [4.78, 5) is 0. The third kappa shape index (κ3) is 40.6. The van der Waals surface area contributed by atoms with E-state index >= 15 is 0 Å². The van der Waals surface area contributed by atoms with E-state index in [-0.39, 0.29) is 24.9 Å². The minimum Gasteiger partial charge on any atom is 2.00 e. The van der Waals surface area contributed by atoms with Crippen LogP contribution < -0.4 is 0 Å². The van der Waals surface area contributed by atoms with Crippen LogP contribution in [-0.2, 0) is 19.5 Å². The van der Waals surface area contributed by atoms with Crippen molar-refractivity contribution >= 4 is 7.81 Å². The van der Waals surface area contributed by atoms with Crippen molar-refractivity contribution in [2.45, 2.75) is 55.4 Å². The van der Waals surface area contributed by atoms with Gasteiger partial charge in [0.1, 0.15) is 0 Å². The molecule has 0 aromatic rings. The van der Waals surface area contributed by atoms with Crippen LogP contribution in [0.25, 0.3) is 0 Å². The second-order valence-corrected chi connectivity index (χ2v) is 7.17. The molecular weight excluding hydrogens is 480 g/mol. The Bertz CT molecular complexity index is 590. The number of rotatable bonds is 0. The molecule has 0 saturated heterocycles. The number of nitrogens with zero attached hydrogens (tertiary/aromatic N) is 3. The minimum absolute atomic E-state index is 0. The molecule has 0 aliphatic heterocycles. The van der Waals surface area contributed by atoms with Crippen LogP contribution in [0.2, 0.25) is 0 Å². The molecule has 0 fully saturated rings. The van der Waals surface area contributed by atoms with E-state index in [0.29, 0.717) is 0 Å². The van der Waals surface area contributed by atoms with Gasteiger partial charge >= 0.3 is 52.5 Å². The average molecular weight is 504 g/mol. The number of nitriles is 3. The molecule has 0 atom stereocenters. The molecule has 0 saturated carbocycles. The molecule has 0 unspecified atom stereocenters. The van der Waals surface area contributed by atoms with Crippen molar-refractivity contribution in [3.63, 3.8) is 0 Å². The van der Waals surface area contributed by atoms with Crippen LogP contribution in [-0.4, -0.2) is 0 Å². The maximum atomic E-state index is 9.87. The Balaban J connectivity index is -0.0000000835. The van der Waals surface area contributed by atoms with Crippen LogP contribution in [0.1, 0.15) is 55.4 Å². The maximum Gasteiger partial charge on any atom is 2.00 e. The Morgan fingerprint density at radius 2 is 0.963 bits per heavy atom. The van der Waals surface area contributed by atoms with Crippen molar-refractivity contribution in [2.24, 2.45) is 5.41 Å². The molecule has 1 rings (SSSR count). The first-order valence-corrected chi connectivity index (χ1v) is 8.96. The molecule has 0 bridgehead atoms. The minimum atomic E-state index is -10.7. The first kappa shape index (κ1) is 36.5. The van der Waals surface area contributed by atoms with E-state index in [0.717, 1.165) is 0 Å². The van der Waals surface area contributed by atoms with Gasteiger partial charge in [0.2, 0.25) is 0 Å². The van der Waals surface area contributed by atoms with Gasteiger partial charge < -0.3 is 0 Å². The number of hydrogen-bond donors (Lipinski definition) is 0. The van der Waals surface area contributed by atoms with Crippen molar-refractivity contribution in [3.8, 4) is 18.2 Å². The summed E-state index contributed by atoms with van der Waals surface area (Å²) in [5.74, 6) is 0.